The molecular weight excluding hydrogens is 364 g/mol. The zero-order chi connectivity index (χ0) is 19.0. The molecule has 0 unspecified atom stereocenters. The summed E-state index contributed by atoms with van der Waals surface area (Å²) in [6.07, 6.45) is 0.677. The van der Waals surface area contributed by atoms with Crippen LogP contribution in [-0.2, 0) is 6.42 Å². The first-order chi connectivity index (χ1) is 13.1. The highest BCUT2D eigenvalue weighted by molar-refractivity contribution is 7.17. The number of anilines is 1. The fourth-order valence-electron chi connectivity index (χ4n) is 3.07. The molecule has 6 nitrogen and oxygen atoms in total. The van der Waals surface area contributed by atoms with Crippen molar-refractivity contribution in [1.29, 1.82) is 0 Å². The largest absolute Gasteiger partial charge is 0.504 e. The van der Waals surface area contributed by atoms with Crippen LogP contribution >= 0.6 is 11.3 Å². The second kappa shape index (κ2) is 6.92. The van der Waals surface area contributed by atoms with E-state index in [1.165, 1.54) is 24.5 Å². The third-order valence-corrected chi connectivity index (χ3v) is 5.66. The minimum Gasteiger partial charge on any atom is -0.504 e. The Hall–Kier alpha value is -3.06. The number of methoxy groups -OCH3 is 2. The highest BCUT2D eigenvalue weighted by atomic mass is 32.1. The summed E-state index contributed by atoms with van der Waals surface area (Å²) in [5.74, 6) is 1.09. The van der Waals surface area contributed by atoms with Gasteiger partial charge in [-0.3, -0.25) is 4.79 Å². The number of thiazole rings is 1. The number of amides is 1. The number of benzene rings is 2. The lowest BCUT2D eigenvalue weighted by molar-refractivity contribution is 0.0984. The van der Waals surface area contributed by atoms with Gasteiger partial charge in [-0.25, -0.2) is 4.98 Å². The maximum atomic E-state index is 13.0. The summed E-state index contributed by atoms with van der Waals surface area (Å²) in [7, 11) is 3.11. The van der Waals surface area contributed by atoms with Gasteiger partial charge in [-0.15, -0.1) is 11.3 Å². The number of phenols is 1. The molecule has 0 atom stereocenters. The maximum Gasteiger partial charge on any atom is 0.270 e. The summed E-state index contributed by atoms with van der Waals surface area (Å²) in [5, 5.41) is 10.6. The highest BCUT2D eigenvalue weighted by Crippen LogP contribution is 2.36. The Morgan fingerprint density at radius 1 is 1.11 bits per heavy atom. The molecule has 0 saturated heterocycles. The number of ether oxygens (including phenoxy) is 2. The number of carbonyl (C=O) groups excluding carboxylic acids is 1. The normalized spacial score (nSPS) is 13.4. The summed E-state index contributed by atoms with van der Waals surface area (Å²) >= 11 is 1.40. The predicted molar refractivity (Wildman–Crippen MR) is 104 cm³/mol. The van der Waals surface area contributed by atoms with Crippen LogP contribution in [0.1, 0.15) is 15.4 Å². The third-order valence-electron chi connectivity index (χ3n) is 4.52. The molecule has 0 aliphatic carbocycles. The topological polar surface area (TPSA) is 71.9 Å². The van der Waals surface area contributed by atoms with Crippen LogP contribution in [0.25, 0.3) is 10.6 Å². The van der Waals surface area contributed by atoms with Crippen molar-refractivity contribution in [1.82, 2.24) is 4.98 Å². The summed E-state index contributed by atoms with van der Waals surface area (Å²) in [5.41, 5.74) is 2.48. The number of aromatic hydroxyl groups is 1. The molecule has 2 heterocycles. The van der Waals surface area contributed by atoms with Crippen molar-refractivity contribution in [3.63, 3.8) is 0 Å². The zero-order valence-electron chi connectivity index (χ0n) is 14.9. The molecule has 0 saturated carbocycles. The molecule has 0 fully saturated rings. The van der Waals surface area contributed by atoms with Crippen molar-refractivity contribution in [3.05, 3.63) is 53.0 Å². The van der Waals surface area contributed by atoms with Crippen LogP contribution in [0.5, 0.6) is 17.2 Å². The Balaban J connectivity index is 1.65. The molecule has 1 aromatic heterocycles. The van der Waals surface area contributed by atoms with E-state index in [2.05, 4.69) is 4.98 Å². The first-order valence-corrected chi connectivity index (χ1v) is 9.25. The number of carbonyl (C=O) groups is 1. The fraction of sp³-hybridized carbons (Fsp3) is 0.200. The summed E-state index contributed by atoms with van der Waals surface area (Å²) in [4.78, 5) is 20.0. The Morgan fingerprint density at radius 2 is 1.89 bits per heavy atom. The van der Waals surface area contributed by atoms with Gasteiger partial charge in [0.1, 0.15) is 15.6 Å². The summed E-state index contributed by atoms with van der Waals surface area (Å²) in [6, 6.07) is 12.6. The van der Waals surface area contributed by atoms with Gasteiger partial charge in [0.2, 0.25) is 0 Å². The van der Waals surface area contributed by atoms with Gasteiger partial charge in [0.05, 0.1) is 19.9 Å². The van der Waals surface area contributed by atoms with Gasteiger partial charge in [-0.2, -0.15) is 0 Å². The number of hydrogen-bond donors (Lipinski definition) is 1. The predicted octanol–water partition coefficient (Wildman–Crippen LogP) is 3.74. The number of phenolic OH excluding ortho intramolecular Hbond substituents is 1. The van der Waals surface area contributed by atoms with Crippen LogP contribution in [0.3, 0.4) is 0 Å². The van der Waals surface area contributed by atoms with E-state index < -0.39 is 0 Å². The monoisotopic (exact) mass is 382 g/mol. The Kier molecular flexibility index (Phi) is 4.45. The van der Waals surface area contributed by atoms with Gasteiger partial charge >= 0.3 is 0 Å². The number of fused-ring (bicyclic) bond motifs is 1. The van der Waals surface area contributed by atoms with E-state index in [0.717, 1.165) is 22.0 Å². The van der Waals surface area contributed by atoms with E-state index in [4.69, 9.17) is 9.47 Å². The Labute approximate surface area is 160 Å². The molecule has 1 aliphatic heterocycles. The number of aromatic nitrogens is 1. The van der Waals surface area contributed by atoms with Crippen LogP contribution in [0.4, 0.5) is 5.69 Å². The van der Waals surface area contributed by atoms with Crippen molar-refractivity contribution in [2.24, 2.45) is 0 Å². The molecule has 4 rings (SSSR count). The zero-order valence-corrected chi connectivity index (χ0v) is 15.7. The quantitative estimate of drug-likeness (QED) is 0.744. The van der Waals surface area contributed by atoms with E-state index in [1.54, 1.807) is 24.1 Å². The molecule has 1 N–H and O–H groups in total. The molecular formula is C20H18N2O4S. The van der Waals surface area contributed by atoms with Gasteiger partial charge in [0.15, 0.2) is 11.5 Å². The van der Waals surface area contributed by atoms with Crippen LogP contribution in [0, 0.1) is 0 Å². The van der Waals surface area contributed by atoms with E-state index in [1.807, 2.05) is 24.3 Å². The molecule has 27 heavy (non-hydrogen) atoms. The van der Waals surface area contributed by atoms with Gasteiger partial charge in [0.25, 0.3) is 5.91 Å². The van der Waals surface area contributed by atoms with E-state index in [0.29, 0.717) is 29.3 Å². The van der Waals surface area contributed by atoms with Gasteiger partial charge in [0, 0.05) is 30.3 Å². The van der Waals surface area contributed by atoms with Crippen LogP contribution < -0.4 is 14.4 Å². The lowest BCUT2D eigenvalue weighted by atomic mass is 10.1. The van der Waals surface area contributed by atoms with E-state index in [9.17, 15) is 9.90 Å². The average Bonchev–Trinajstić information content (AvgIpc) is 3.14. The second-order valence-electron chi connectivity index (χ2n) is 6.09. The van der Waals surface area contributed by atoms with Crippen molar-refractivity contribution in [3.8, 4) is 27.8 Å². The van der Waals surface area contributed by atoms with Gasteiger partial charge < -0.3 is 19.5 Å². The fourth-order valence-corrected chi connectivity index (χ4v) is 4.13. The maximum absolute atomic E-state index is 13.0. The van der Waals surface area contributed by atoms with E-state index >= 15 is 0 Å². The second-order valence-corrected chi connectivity index (χ2v) is 7.09. The molecule has 3 aromatic rings. The number of nitrogens with zero attached hydrogens (tertiary/aromatic N) is 2. The van der Waals surface area contributed by atoms with Gasteiger partial charge in [-0.1, -0.05) is 0 Å². The van der Waals surface area contributed by atoms with E-state index in [-0.39, 0.29) is 11.7 Å². The molecule has 0 spiro atoms. The Bertz CT molecular complexity index is 998. The summed E-state index contributed by atoms with van der Waals surface area (Å²) < 4.78 is 10.3. The number of hydrogen-bond acceptors (Lipinski definition) is 6. The van der Waals surface area contributed by atoms with Crippen LogP contribution in [0.15, 0.2) is 42.5 Å². The van der Waals surface area contributed by atoms with Crippen molar-refractivity contribution < 1.29 is 19.4 Å². The van der Waals surface area contributed by atoms with Crippen LogP contribution in [0.2, 0.25) is 0 Å². The van der Waals surface area contributed by atoms with Crippen LogP contribution in [-0.4, -0.2) is 36.8 Å². The molecule has 7 heteroatoms. The molecule has 1 aliphatic rings. The lowest BCUT2D eigenvalue weighted by Crippen LogP contribution is -2.36. The smallest absolute Gasteiger partial charge is 0.270 e. The SMILES string of the molecule is COc1ccc(-c2nc3c(s2)C(=O)N(c2ccc(O)c(OC)c2)CC3)cc1. The molecule has 2 aromatic carbocycles. The first kappa shape index (κ1) is 17.4. The minimum absolute atomic E-state index is 0.0472. The Morgan fingerprint density at radius 3 is 2.59 bits per heavy atom. The summed E-state index contributed by atoms with van der Waals surface area (Å²) in [6.45, 7) is 0.533. The lowest BCUT2D eigenvalue weighted by Gasteiger charge is -2.26. The minimum atomic E-state index is -0.0822. The van der Waals surface area contributed by atoms with Crippen molar-refractivity contribution in [2.45, 2.75) is 6.42 Å². The standard InChI is InChI=1S/C20H18N2O4S/c1-25-14-6-3-12(4-7-14)19-21-15-9-10-22(20(24)18(15)27-19)13-5-8-16(23)17(11-13)26-2/h3-8,11,23H,9-10H2,1-2H3. The first-order valence-electron chi connectivity index (χ1n) is 8.43. The average molecular weight is 382 g/mol. The third kappa shape index (κ3) is 3.10. The molecule has 1 amide bonds. The highest BCUT2D eigenvalue weighted by Gasteiger charge is 2.30. The molecule has 138 valence electrons. The van der Waals surface area contributed by atoms with Crippen molar-refractivity contribution in [2.75, 3.05) is 25.7 Å². The molecule has 0 bridgehead atoms. The van der Waals surface area contributed by atoms with Gasteiger partial charge in [-0.05, 0) is 36.4 Å². The molecule has 0 radical (unpaired) electrons. The number of rotatable bonds is 4. The van der Waals surface area contributed by atoms with Crippen molar-refractivity contribution >= 4 is 22.9 Å².